The molecule has 6 heteroatoms. The third kappa shape index (κ3) is 4.07. The summed E-state index contributed by atoms with van der Waals surface area (Å²) >= 11 is 5.83. The van der Waals surface area contributed by atoms with Crippen LogP contribution < -0.4 is 10.1 Å². The van der Waals surface area contributed by atoms with Crippen molar-refractivity contribution < 1.29 is 18.3 Å². The number of anilines is 1. The SMILES string of the molecule is O=C(Nc1ccc(OC(F)F)c(Cl)c1)C1CCCCC1. The first-order valence-electron chi connectivity index (χ1n) is 6.61. The van der Waals surface area contributed by atoms with E-state index in [1.165, 1.54) is 24.6 Å². The van der Waals surface area contributed by atoms with Crippen LogP contribution >= 0.6 is 11.6 Å². The molecule has 110 valence electrons. The topological polar surface area (TPSA) is 38.3 Å². The number of hydrogen-bond acceptors (Lipinski definition) is 2. The molecular formula is C14H16ClF2NO2. The third-order valence-corrected chi connectivity index (χ3v) is 3.69. The first-order chi connectivity index (χ1) is 9.56. The number of amides is 1. The second-order valence-corrected chi connectivity index (χ2v) is 5.26. The summed E-state index contributed by atoms with van der Waals surface area (Å²) < 4.78 is 28.5. The minimum Gasteiger partial charge on any atom is -0.433 e. The number of alkyl halides is 2. The van der Waals surface area contributed by atoms with Crippen LogP contribution in [-0.2, 0) is 4.79 Å². The fraction of sp³-hybridized carbons (Fsp3) is 0.500. The fourth-order valence-corrected chi connectivity index (χ4v) is 2.60. The smallest absolute Gasteiger partial charge is 0.387 e. The van der Waals surface area contributed by atoms with E-state index in [9.17, 15) is 13.6 Å². The largest absolute Gasteiger partial charge is 0.433 e. The molecule has 20 heavy (non-hydrogen) atoms. The van der Waals surface area contributed by atoms with Gasteiger partial charge in [0.2, 0.25) is 5.91 Å². The van der Waals surface area contributed by atoms with Gasteiger partial charge in [0, 0.05) is 11.6 Å². The van der Waals surface area contributed by atoms with Crippen molar-refractivity contribution in [2.45, 2.75) is 38.7 Å². The van der Waals surface area contributed by atoms with Gasteiger partial charge in [-0.1, -0.05) is 30.9 Å². The molecule has 0 atom stereocenters. The minimum absolute atomic E-state index is 0.0273. The van der Waals surface area contributed by atoms with Crippen molar-refractivity contribution in [2.75, 3.05) is 5.32 Å². The maximum absolute atomic E-state index is 12.1. The zero-order valence-corrected chi connectivity index (χ0v) is 11.6. The van der Waals surface area contributed by atoms with E-state index in [2.05, 4.69) is 10.1 Å². The summed E-state index contributed by atoms with van der Waals surface area (Å²) in [6, 6.07) is 4.25. The Bertz CT molecular complexity index is 476. The Labute approximate surface area is 121 Å². The van der Waals surface area contributed by atoms with Crippen LogP contribution in [0.5, 0.6) is 5.75 Å². The Morgan fingerprint density at radius 2 is 2.00 bits per heavy atom. The molecule has 1 aromatic carbocycles. The van der Waals surface area contributed by atoms with Crippen LogP contribution in [0, 0.1) is 5.92 Å². The van der Waals surface area contributed by atoms with Crippen molar-refractivity contribution in [1.29, 1.82) is 0 Å². The van der Waals surface area contributed by atoms with Gasteiger partial charge in [-0.3, -0.25) is 4.79 Å². The predicted molar refractivity (Wildman–Crippen MR) is 73.3 cm³/mol. The molecule has 1 aliphatic rings. The predicted octanol–water partition coefficient (Wildman–Crippen LogP) is 4.46. The lowest BCUT2D eigenvalue weighted by molar-refractivity contribution is -0.120. The van der Waals surface area contributed by atoms with E-state index >= 15 is 0 Å². The number of hydrogen-bond donors (Lipinski definition) is 1. The molecule has 1 N–H and O–H groups in total. The molecule has 0 aliphatic heterocycles. The van der Waals surface area contributed by atoms with Gasteiger partial charge >= 0.3 is 6.61 Å². The maximum Gasteiger partial charge on any atom is 0.387 e. The quantitative estimate of drug-likeness (QED) is 0.892. The third-order valence-electron chi connectivity index (χ3n) is 3.39. The molecule has 0 radical (unpaired) electrons. The van der Waals surface area contributed by atoms with Crippen molar-refractivity contribution >= 4 is 23.2 Å². The van der Waals surface area contributed by atoms with Gasteiger partial charge in [-0.2, -0.15) is 8.78 Å². The first-order valence-corrected chi connectivity index (χ1v) is 6.99. The second-order valence-electron chi connectivity index (χ2n) is 4.85. The summed E-state index contributed by atoms with van der Waals surface area (Å²) in [6.07, 6.45) is 5.10. The number of carbonyl (C=O) groups is 1. The standard InChI is InChI=1S/C14H16ClF2NO2/c15-11-8-10(6-7-12(11)20-14(16)17)18-13(19)9-4-2-1-3-5-9/h6-9,14H,1-5H2,(H,18,19). The molecule has 1 aromatic rings. The molecule has 1 fully saturated rings. The Balaban J connectivity index is 1.99. The number of ether oxygens (including phenoxy) is 1. The summed E-state index contributed by atoms with van der Waals surface area (Å²) in [4.78, 5) is 12.0. The maximum atomic E-state index is 12.1. The van der Waals surface area contributed by atoms with Crippen LogP contribution in [0.2, 0.25) is 5.02 Å². The van der Waals surface area contributed by atoms with E-state index in [4.69, 9.17) is 11.6 Å². The summed E-state index contributed by atoms with van der Waals surface area (Å²) in [5.74, 6) is -0.111. The zero-order valence-electron chi connectivity index (χ0n) is 10.9. The van der Waals surface area contributed by atoms with Crippen molar-refractivity contribution in [3.05, 3.63) is 23.2 Å². The lowest BCUT2D eigenvalue weighted by Crippen LogP contribution is -2.24. The highest BCUT2D eigenvalue weighted by Gasteiger charge is 2.21. The van der Waals surface area contributed by atoms with E-state index in [-0.39, 0.29) is 22.6 Å². The molecule has 0 spiro atoms. The number of carbonyl (C=O) groups excluding carboxylic acids is 1. The van der Waals surface area contributed by atoms with E-state index in [1.807, 2.05) is 0 Å². The number of halogens is 3. The average molecular weight is 304 g/mol. The van der Waals surface area contributed by atoms with Crippen molar-refractivity contribution in [3.8, 4) is 5.75 Å². The fourth-order valence-electron chi connectivity index (χ4n) is 2.38. The van der Waals surface area contributed by atoms with Crippen LogP contribution in [-0.4, -0.2) is 12.5 Å². The van der Waals surface area contributed by atoms with E-state index in [1.54, 1.807) is 0 Å². The second kappa shape index (κ2) is 6.88. The van der Waals surface area contributed by atoms with E-state index in [0.29, 0.717) is 5.69 Å². The Kier molecular flexibility index (Phi) is 5.17. The molecule has 2 rings (SSSR count). The van der Waals surface area contributed by atoms with E-state index < -0.39 is 6.61 Å². The Morgan fingerprint density at radius 3 is 2.60 bits per heavy atom. The summed E-state index contributed by atoms with van der Waals surface area (Å²) in [5, 5.41) is 2.81. The lowest BCUT2D eigenvalue weighted by Gasteiger charge is -2.20. The van der Waals surface area contributed by atoms with Crippen LogP contribution in [0.3, 0.4) is 0 Å². The van der Waals surface area contributed by atoms with Gasteiger partial charge in [-0.15, -0.1) is 0 Å². The van der Waals surface area contributed by atoms with Gasteiger partial charge < -0.3 is 10.1 Å². The van der Waals surface area contributed by atoms with Gasteiger partial charge in [0.15, 0.2) is 0 Å². The molecule has 0 unspecified atom stereocenters. The Hall–Kier alpha value is -1.36. The normalized spacial score (nSPS) is 16.2. The first kappa shape index (κ1) is 15.0. The summed E-state index contributed by atoms with van der Waals surface area (Å²) in [5.41, 5.74) is 0.493. The van der Waals surface area contributed by atoms with E-state index in [0.717, 1.165) is 25.7 Å². The zero-order chi connectivity index (χ0) is 14.5. The van der Waals surface area contributed by atoms with Crippen LogP contribution in [0.1, 0.15) is 32.1 Å². The van der Waals surface area contributed by atoms with Crippen molar-refractivity contribution in [3.63, 3.8) is 0 Å². The monoisotopic (exact) mass is 303 g/mol. The number of rotatable bonds is 4. The summed E-state index contributed by atoms with van der Waals surface area (Å²) in [7, 11) is 0. The highest BCUT2D eigenvalue weighted by molar-refractivity contribution is 6.32. The van der Waals surface area contributed by atoms with Crippen molar-refractivity contribution in [2.24, 2.45) is 5.92 Å². The van der Waals surface area contributed by atoms with Crippen molar-refractivity contribution in [1.82, 2.24) is 0 Å². The van der Waals surface area contributed by atoms with Crippen LogP contribution in [0.4, 0.5) is 14.5 Å². The number of benzene rings is 1. The molecular weight excluding hydrogens is 288 g/mol. The van der Waals surface area contributed by atoms with Crippen LogP contribution in [0.25, 0.3) is 0 Å². The molecule has 1 amide bonds. The molecule has 0 aromatic heterocycles. The molecule has 1 saturated carbocycles. The van der Waals surface area contributed by atoms with Gasteiger partial charge in [-0.25, -0.2) is 0 Å². The van der Waals surface area contributed by atoms with Gasteiger partial charge in [-0.05, 0) is 31.0 Å². The number of nitrogens with one attached hydrogen (secondary N) is 1. The lowest BCUT2D eigenvalue weighted by atomic mass is 9.88. The summed E-state index contributed by atoms with van der Waals surface area (Å²) in [6.45, 7) is -2.92. The van der Waals surface area contributed by atoms with Gasteiger partial charge in [0.05, 0.1) is 5.02 Å². The highest BCUT2D eigenvalue weighted by atomic mass is 35.5. The highest BCUT2D eigenvalue weighted by Crippen LogP contribution is 2.30. The molecule has 0 bridgehead atoms. The Morgan fingerprint density at radius 1 is 1.30 bits per heavy atom. The minimum atomic E-state index is -2.92. The molecule has 0 saturated heterocycles. The van der Waals surface area contributed by atoms with Crippen LogP contribution in [0.15, 0.2) is 18.2 Å². The molecule has 0 heterocycles. The van der Waals surface area contributed by atoms with Gasteiger partial charge in [0.25, 0.3) is 0 Å². The molecule has 1 aliphatic carbocycles. The van der Waals surface area contributed by atoms with Gasteiger partial charge in [0.1, 0.15) is 5.75 Å². The average Bonchev–Trinajstić information content (AvgIpc) is 2.42. The molecule has 3 nitrogen and oxygen atoms in total.